The number of H-pyrrole nitrogens is 1. The van der Waals surface area contributed by atoms with Crippen LogP contribution in [0.5, 0.6) is 5.75 Å². The molecule has 0 saturated heterocycles. The lowest BCUT2D eigenvalue weighted by molar-refractivity contribution is -0.133. The van der Waals surface area contributed by atoms with Crippen LogP contribution in [0.1, 0.15) is 96.9 Å². The molecule has 2 heterocycles. The van der Waals surface area contributed by atoms with Crippen LogP contribution in [0.2, 0.25) is 0 Å². The third-order valence-corrected chi connectivity index (χ3v) is 10.5. The lowest BCUT2D eigenvalue weighted by Gasteiger charge is -2.33. The molecule has 0 aliphatic heterocycles. The highest BCUT2D eigenvalue weighted by Gasteiger charge is 2.35. The minimum Gasteiger partial charge on any atom is -0.484 e. The van der Waals surface area contributed by atoms with Gasteiger partial charge in [0.2, 0.25) is 17.7 Å². The van der Waals surface area contributed by atoms with Gasteiger partial charge in [-0.3, -0.25) is 24.2 Å². The zero-order valence-electron chi connectivity index (χ0n) is 32.8. The van der Waals surface area contributed by atoms with Gasteiger partial charge < -0.3 is 36.1 Å². The molecule has 1 fully saturated rings. The predicted octanol–water partition coefficient (Wildman–Crippen LogP) is 4.63. The summed E-state index contributed by atoms with van der Waals surface area (Å²) in [7, 11) is 0. The van der Waals surface area contributed by atoms with Crippen LogP contribution < -0.4 is 26.0 Å². The molecule has 1 aliphatic rings. The third-order valence-electron chi connectivity index (χ3n) is 10.5. The van der Waals surface area contributed by atoms with Crippen molar-refractivity contribution in [2.75, 3.05) is 6.61 Å². The first kappa shape index (κ1) is 43.0. The Kier molecular flexibility index (Phi) is 17.6. The number of carbonyl (C=O) groups excluding carboxylic acids is 4. The Balaban J connectivity index is 1.49. The number of ether oxygens (including phenoxy) is 1. The van der Waals surface area contributed by atoms with Crippen LogP contribution in [-0.4, -0.2) is 74.5 Å². The normalized spacial score (nSPS) is 16.5. The van der Waals surface area contributed by atoms with Gasteiger partial charge in [-0.05, 0) is 61.3 Å². The Morgan fingerprint density at radius 2 is 1.65 bits per heavy atom. The minimum absolute atomic E-state index is 0.0902. The maximum atomic E-state index is 14.1. The van der Waals surface area contributed by atoms with Crippen LogP contribution in [0.15, 0.2) is 67.3 Å². The summed E-state index contributed by atoms with van der Waals surface area (Å²) in [6.45, 7) is 7.90. The number of hydrogen-bond donors (Lipinski definition) is 6. The van der Waals surface area contributed by atoms with Gasteiger partial charge in [0.05, 0.1) is 30.7 Å². The maximum Gasteiger partial charge on any atom is 0.258 e. The zero-order chi connectivity index (χ0) is 39.6. The van der Waals surface area contributed by atoms with Crippen molar-refractivity contribution >= 4 is 23.6 Å². The maximum absolute atomic E-state index is 14.1. The van der Waals surface area contributed by atoms with Crippen molar-refractivity contribution in [2.45, 2.75) is 123 Å². The molecule has 1 aromatic carbocycles. The first-order valence-electron chi connectivity index (χ1n) is 19.9. The molecular weight excluding hydrogens is 699 g/mol. The van der Waals surface area contributed by atoms with E-state index in [9.17, 15) is 24.3 Å². The monoisotopic (exact) mass is 759 g/mol. The predicted molar refractivity (Wildman–Crippen MR) is 210 cm³/mol. The summed E-state index contributed by atoms with van der Waals surface area (Å²) in [5.41, 5.74) is 1.37. The van der Waals surface area contributed by atoms with Gasteiger partial charge in [0.1, 0.15) is 17.8 Å². The Morgan fingerprint density at radius 3 is 2.31 bits per heavy atom. The molecule has 2 aromatic heterocycles. The van der Waals surface area contributed by atoms with Crippen molar-refractivity contribution < 1.29 is 29.0 Å². The topological polar surface area (TPSA) is 187 Å². The van der Waals surface area contributed by atoms with E-state index in [2.05, 4.69) is 36.2 Å². The van der Waals surface area contributed by atoms with Gasteiger partial charge in [-0.25, -0.2) is 4.98 Å². The van der Waals surface area contributed by atoms with E-state index in [1.165, 1.54) is 6.33 Å². The van der Waals surface area contributed by atoms with Crippen molar-refractivity contribution in [3.8, 4) is 5.75 Å². The number of aromatic amines is 1. The molecule has 0 unspecified atom stereocenters. The number of imidazole rings is 1. The van der Waals surface area contributed by atoms with E-state index in [0.717, 1.165) is 32.1 Å². The van der Waals surface area contributed by atoms with E-state index in [1.54, 1.807) is 36.7 Å². The van der Waals surface area contributed by atoms with Crippen LogP contribution in [0.4, 0.5) is 0 Å². The van der Waals surface area contributed by atoms with Gasteiger partial charge in [0.25, 0.3) is 5.91 Å². The van der Waals surface area contributed by atoms with Crippen molar-refractivity contribution in [3.05, 3.63) is 78.6 Å². The van der Waals surface area contributed by atoms with E-state index >= 15 is 0 Å². The first-order chi connectivity index (χ1) is 26.5. The van der Waals surface area contributed by atoms with E-state index in [1.807, 2.05) is 52.0 Å². The number of para-hydroxylation sites is 1. The zero-order valence-corrected chi connectivity index (χ0v) is 32.8. The average molecular weight is 760 g/mol. The standard InChI is InChI=1S/C42H61N7O6/c1-5-29(4)39(42(54)45-25-32-16-12-13-19-44-32)49-40(52)31(20-28(2)3)22-37(50)35(21-30-14-8-6-9-15-30)48-41(53)36(23-33-24-43-27-46-33)47-38(51)26-55-34-17-10-7-11-18-34/h7,10-13,16-19,24,27-31,35-37,39,50H,5-6,8-9,14-15,20-23,25-26H2,1-4H3,(H,43,46)(H,45,54)(H,47,51)(H,48,53)(H,49,52)/t29-,31+,35-,36-,37-,39-/m0/s1. The summed E-state index contributed by atoms with van der Waals surface area (Å²) in [5, 5.41) is 23.8. The Bertz CT molecular complexity index is 1580. The van der Waals surface area contributed by atoms with Gasteiger partial charge in [0.15, 0.2) is 6.61 Å². The minimum atomic E-state index is -1.06. The molecule has 6 N–H and O–H groups in total. The molecule has 300 valence electrons. The van der Waals surface area contributed by atoms with Gasteiger partial charge in [0, 0.05) is 30.4 Å². The summed E-state index contributed by atoms with van der Waals surface area (Å²) in [5.74, 6) is -1.33. The van der Waals surface area contributed by atoms with Crippen molar-refractivity contribution in [1.82, 2.24) is 36.2 Å². The second-order valence-corrected chi connectivity index (χ2v) is 15.4. The highest BCUT2D eigenvalue weighted by molar-refractivity contribution is 5.89. The number of carbonyl (C=O) groups is 4. The fraction of sp³-hybridized carbons (Fsp3) is 0.571. The molecular formula is C42H61N7O6. The average Bonchev–Trinajstić information content (AvgIpc) is 3.71. The van der Waals surface area contributed by atoms with Crippen LogP contribution in [0, 0.1) is 23.7 Å². The van der Waals surface area contributed by atoms with E-state index in [4.69, 9.17) is 4.74 Å². The number of hydrogen-bond acceptors (Lipinski definition) is 8. The fourth-order valence-electron chi connectivity index (χ4n) is 7.20. The number of aliphatic hydroxyl groups excluding tert-OH is 1. The SMILES string of the molecule is CC[C@H](C)[C@H](NC(=O)[C@H](CC(C)C)C[C@H](O)[C@H](CC1CCCCC1)NC(=O)[C@H](Cc1cnc[nH]1)NC(=O)COc1ccccc1)C(=O)NCc1ccccn1. The third kappa shape index (κ3) is 14.8. The second kappa shape index (κ2) is 22.6. The molecule has 4 amide bonds. The van der Waals surface area contributed by atoms with E-state index in [-0.39, 0.29) is 49.6 Å². The number of rotatable bonds is 22. The number of aliphatic hydroxyl groups is 1. The molecule has 6 atom stereocenters. The second-order valence-electron chi connectivity index (χ2n) is 15.4. The first-order valence-corrected chi connectivity index (χ1v) is 19.9. The highest BCUT2D eigenvalue weighted by atomic mass is 16.5. The lowest BCUT2D eigenvalue weighted by Crippen LogP contribution is -2.55. The number of pyridine rings is 1. The molecule has 0 bridgehead atoms. The summed E-state index contributed by atoms with van der Waals surface area (Å²) in [4.78, 5) is 66.0. The highest BCUT2D eigenvalue weighted by Crippen LogP contribution is 2.30. The van der Waals surface area contributed by atoms with Crippen molar-refractivity contribution in [3.63, 3.8) is 0 Å². The molecule has 55 heavy (non-hydrogen) atoms. The van der Waals surface area contributed by atoms with Crippen LogP contribution in [-0.2, 0) is 32.1 Å². The van der Waals surface area contributed by atoms with Crippen molar-refractivity contribution in [2.24, 2.45) is 23.7 Å². The summed E-state index contributed by atoms with van der Waals surface area (Å²) in [6.07, 6.45) is 10.9. The molecule has 0 radical (unpaired) electrons. The Hall–Kier alpha value is -4.78. The number of aromatic nitrogens is 3. The molecule has 4 rings (SSSR count). The van der Waals surface area contributed by atoms with Crippen molar-refractivity contribution in [1.29, 1.82) is 0 Å². The summed E-state index contributed by atoms with van der Waals surface area (Å²) in [6, 6.07) is 12.0. The molecule has 1 aliphatic carbocycles. The Labute approximate surface area is 325 Å². The number of benzene rings is 1. The van der Waals surface area contributed by atoms with Gasteiger partial charge in [-0.1, -0.05) is 90.5 Å². The number of nitrogens with zero attached hydrogens (tertiary/aromatic N) is 2. The molecule has 13 nitrogen and oxygen atoms in total. The quantitative estimate of drug-likeness (QED) is 0.0856. The van der Waals surface area contributed by atoms with Crippen LogP contribution >= 0.6 is 0 Å². The number of nitrogens with one attached hydrogen (secondary N) is 5. The molecule has 0 spiro atoms. The van der Waals surface area contributed by atoms with Crippen LogP contribution in [0.25, 0.3) is 0 Å². The van der Waals surface area contributed by atoms with E-state index < -0.39 is 42.0 Å². The smallest absolute Gasteiger partial charge is 0.258 e. The van der Waals surface area contributed by atoms with Gasteiger partial charge in [-0.15, -0.1) is 0 Å². The van der Waals surface area contributed by atoms with Crippen LogP contribution in [0.3, 0.4) is 0 Å². The fourth-order valence-corrected chi connectivity index (χ4v) is 7.20. The molecule has 1 saturated carbocycles. The van der Waals surface area contributed by atoms with Gasteiger partial charge in [-0.2, -0.15) is 0 Å². The molecule has 3 aromatic rings. The largest absolute Gasteiger partial charge is 0.484 e. The summed E-state index contributed by atoms with van der Waals surface area (Å²) >= 11 is 0. The van der Waals surface area contributed by atoms with E-state index in [0.29, 0.717) is 42.3 Å². The Morgan fingerprint density at radius 1 is 0.909 bits per heavy atom. The lowest BCUT2D eigenvalue weighted by atomic mass is 9.81. The molecule has 13 heteroatoms. The summed E-state index contributed by atoms with van der Waals surface area (Å²) < 4.78 is 5.63. The van der Waals surface area contributed by atoms with Gasteiger partial charge >= 0.3 is 0 Å². The number of amides is 4.